The van der Waals surface area contributed by atoms with Crippen molar-refractivity contribution in [2.24, 2.45) is 0 Å². The van der Waals surface area contributed by atoms with Gasteiger partial charge in [-0.2, -0.15) is 18.4 Å². The number of rotatable bonds is 4. The summed E-state index contributed by atoms with van der Waals surface area (Å²) in [5.74, 6) is -0.202. The van der Waals surface area contributed by atoms with Crippen LogP contribution in [0.4, 0.5) is 18.0 Å². The van der Waals surface area contributed by atoms with Crippen LogP contribution in [0.5, 0.6) is 17.2 Å². The lowest BCUT2D eigenvalue weighted by atomic mass is 10.1. The number of ether oxygens (including phenoxy) is 2. The third kappa shape index (κ3) is 4.52. The van der Waals surface area contributed by atoms with Crippen molar-refractivity contribution in [3.8, 4) is 23.3 Å². The third-order valence-electron chi connectivity index (χ3n) is 3.77. The van der Waals surface area contributed by atoms with Crippen molar-refractivity contribution in [3.05, 3.63) is 58.0 Å². The van der Waals surface area contributed by atoms with Crippen molar-refractivity contribution in [2.45, 2.75) is 6.18 Å². The number of hydrogen-bond acceptors (Lipinski definition) is 6. The molecular weight excluding hydrogens is 409 g/mol. The molecule has 0 atom stereocenters. The minimum absolute atomic E-state index is 0.0683. The van der Waals surface area contributed by atoms with Crippen molar-refractivity contribution in [2.75, 3.05) is 7.11 Å². The first kappa shape index (κ1) is 20.3. The summed E-state index contributed by atoms with van der Waals surface area (Å²) in [6.45, 7) is 0. The Morgan fingerprint density at radius 1 is 1.10 bits per heavy atom. The van der Waals surface area contributed by atoms with E-state index in [0.717, 1.165) is 23.9 Å². The number of nitrogens with one attached hydrogen (secondary N) is 1. The normalized spacial score (nSPS) is 15.2. The Kier molecular flexibility index (Phi) is 5.52. The molecule has 2 amide bonds. The number of carbonyl (C=O) groups is 2. The number of nitrogens with zero attached hydrogens (tertiary/aromatic N) is 1. The zero-order valence-corrected chi connectivity index (χ0v) is 15.5. The van der Waals surface area contributed by atoms with Gasteiger partial charge in [0.05, 0.1) is 23.1 Å². The van der Waals surface area contributed by atoms with Gasteiger partial charge >= 0.3 is 6.18 Å². The van der Waals surface area contributed by atoms with Crippen molar-refractivity contribution in [1.29, 1.82) is 5.26 Å². The van der Waals surface area contributed by atoms with Crippen LogP contribution in [-0.4, -0.2) is 18.3 Å². The average molecular weight is 420 g/mol. The Morgan fingerprint density at radius 3 is 2.41 bits per heavy atom. The molecule has 1 fully saturated rings. The van der Waals surface area contributed by atoms with E-state index < -0.39 is 22.9 Å². The molecule has 2 aromatic rings. The number of benzene rings is 2. The highest BCUT2D eigenvalue weighted by molar-refractivity contribution is 8.18. The molecule has 1 aliphatic heterocycles. The second-order valence-corrected chi connectivity index (χ2v) is 6.70. The molecule has 0 bridgehead atoms. The number of thioether (sulfide) groups is 1. The summed E-state index contributed by atoms with van der Waals surface area (Å²) in [5.41, 5.74) is -0.711. The predicted octanol–water partition coefficient (Wildman–Crippen LogP) is 4.70. The zero-order chi connectivity index (χ0) is 21.2. The molecule has 0 aliphatic carbocycles. The topological polar surface area (TPSA) is 88.4 Å². The zero-order valence-electron chi connectivity index (χ0n) is 14.7. The Labute approximate surface area is 166 Å². The second kappa shape index (κ2) is 7.89. The van der Waals surface area contributed by atoms with E-state index in [-0.39, 0.29) is 27.7 Å². The molecule has 29 heavy (non-hydrogen) atoms. The largest absolute Gasteiger partial charge is 0.493 e. The lowest BCUT2D eigenvalue weighted by Crippen LogP contribution is -2.17. The highest BCUT2D eigenvalue weighted by Gasteiger charge is 2.31. The Morgan fingerprint density at radius 2 is 1.83 bits per heavy atom. The quantitative estimate of drug-likeness (QED) is 0.722. The fraction of sp³-hybridized carbons (Fsp3) is 0.105. The number of hydrogen-bond donors (Lipinski definition) is 1. The van der Waals surface area contributed by atoms with Crippen LogP contribution >= 0.6 is 11.8 Å². The van der Waals surface area contributed by atoms with E-state index >= 15 is 0 Å². The van der Waals surface area contributed by atoms with Gasteiger partial charge in [0, 0.05) is 0 Å². The number of amides is 2. The second-order valence-electron chi connectivity index (χ2n) is 5.69. The summed E-state index contributed by atoms with van der Waals surface area (Å²) in [6, 6.07) is 8.82. The summed E-state index contributed by atoms with van der Waals surface area (Å²) >= 11 is 0.759. The van der Waals surface area contributed by atoms with Crippen molar-refractivity contribution >= 4 is 29.0 Å². The van der Waals surface area contributed by atoms with Crippen LogP contribution in [0.15, 0.2) is 41.3 Å². The molecule has 0 spiro atoms. The first-order chi connectivity index (χ1) is 13.7. The maximum atomic E-state index is 12.8. The van der Waals surface area contributed by atoms with Crippen LogP contribution in [0.3, 0.4) is 0 Å². The lowest BCUT2D eigenvalue weighted by molar-refractivity contribution is -0.137. The smallest absolute Gasteiger partial charge is 0.416 e. The predicted molar refractivity (Wildman–Crippen MR) is 98.3 cm³/mol. The van der Waals surface area contributed by atoms with Crippen LogP contribution < -0.4 is 14.8 Å². The molecule has 0 unspecified atom stereocenters. The number of halogens is 3. The minimum Gasteiger partial charge on any atom is -0.493 e. The first-order valence-corrected chi connectivity index (χ1v) is 8.75. The monoisotopic (exact) mass is 420 g/mol. The van der Waals surface area contributed by atoms with Crippen molar-refractivity contribution < 1.29 is 32.2 Å². The van der Waals surface area contributed by atoms with Gasteiger partial charge in [-0.15, -0.1) is 0 Å². The fourth-order valence-corrected chi connectivity index (χ4v) is 3.11. The summed E-state index contributed by atoms with van der Waals surface area (Å²) in [7, 11) is 1.36. The molecule has 2 aromatic carbocycles. The maximum Gasteiger partial charge on any atom is 0.416 e. The van der Waals surface area contributed by atoms with Gasteiger partial charge in [-0.25, -0.2) is 0 Å². The highest BCUT2D eigenvalue weighted by Crippen LogP contribution is 2.37. The summed E-state index contributed by atoms with van der Waals surface area (Å²) in [6.07, 6.45) is -3.10. The van der Waals surface area contributed by atoms with E-state index in [1.54, 1.807) is 12.1 Å². The average Bonchev–Trinajstić information content (AvgIpc) is 2.99. The Bertz CT molecular complexity index is 1070. The molecule has 1 N–H and O–H groups in total. The molecule has 148 valence electrons. The molecule has 1 aliphatic rings. The van der Waals surface area contributed by atoms with E-state index in [1.807, 2.05) is 0 Å². The van der Waals surface area contributed by atoms with Crippen LogP contribution in [0.2, 0.25) is 0 Å². The van der Waals surface area contributed by atoms with Crippen LogP contribution in [-0.2, 0) is 11.0 Å². The number of nitriles is 1. The maximum absolute atomic E-state index is 12.8. The summed E-state index contributed by atoms with van der Waals surface area (Å²) in [5, 5.41) is 10.8. The third-order valence-corrected chi connectivity index (χ3v) is 4.59. The highest BCUT2D eigenvalue weighted by atomic mass is 32.2. The van der Waals surface area contributed by atoms with Crippen LogP contribution in [0, 0.1) is 11.3 Å². The molecule has 0 radical (unpaired) electrons. The van der Waals surface area contributed by atoms with E-state index in [2.05, 4.69) is 5.32 Å². The van der Waals surface area contributed by atoms with E-state index in [9.17, 15) is 22.8 Å². The molecule has 10 heteroatoms. The Balaban J connectivity index is 1.91. The fourth-order valence-electron chi connectivity index (χ4n) is 2.43. The van der Waals surface area contributed by atoms with Crippen molar-refractivity contribution in [3.63, 3.8) is 0 Å². The van der Waals surface area contributed by atoms with E-state index in [4.69, 9.17) is 14.7 Å². The van der Waals surface area contributed by atoms with Gasteiger partial charge in [-0.05, 0) is 53.7 Å². The van der Waals surface area contributed by atoms with Crippen LogP contribution in [0.25, 0.3) is 6.08 Å². The van der Waals surface area contributed by atoms with Gasteiger partial charge in [-0.1, -0.05) is 6.07 Å². The molecule has 0 saturated carbocycles. The van der Waals surface area contributed by atoms with E-state index in [1.165, 1.54) is 25.3 Å². The molecular formula is C19H11F3N2O4S. The van der Waals surface area contributed by atoms with Gasteiger partial charge in [-0.3, -0.25) is 14.9 Å². The molecule has 3 rings (SSSR count). The lowest BCUT2D eigenvalue weighted by Gasteiger charge is -2.13. The van der Waals surface area contributed by atoms with Crippen molar-refractivity contribution in [1.82, 2.24) is 5.32 Å². The minimum atomic E-state index is -4.58. The number of carbonyl (C=O) groups excluding carboxylic acids is 2. The van der Waals surface area contributed by atoms with Gasteiger partial charge in [0.1, 0.15) is 11.8 Å². The standard InChI is InChI=1S/C19H11F3N2O4S/c1-27-15-6-10(7-16-17(25)24-18(26)29-16)2-4-14(15)28-13-5-3-12(19(20,21)22)8-11(13)9-23/h2-8H,1H3,(H,24,25,26)/b16-7+. The number of alkyl halides is 3. The van der Waals surface area contributed by atoms with Gasteiger partial charge < -0.3 is 9.47 Å². The Hall–Kier alpha value is -3.45. The SMILES string of the molecule is COc1cc(/C=C2/SC(=O)NC2=O)ccc1Oc1ccc(C(F)(F)F)cc1C#N. The molecule has 0 aromatic heterocycles. The first-order valence-electron chi connectivity index (χ1n) is 7.93. The van der Waals surface area contributed by atoms with Gasteiger partial charge in [0.25, 0.3) is 11.1 Å². The molecule has 6 nitrogen and oxygen atoms in total. The van der Waals surface area contributed by atoms with Gasteiger partial charge in [0.15, 0.2) is 11.5 Å². The van der Waals surface area contributed by atoms with E-state index in [0.29, 0.717) is 11.6 Å². The summed E-state index contributed by atoms with van der Waals surface area (Å²) < 4.78 is 49.3. The summed E-state index contributed by atoms with van der Waals surface area (Å²) in [4.78, 5) is 23.1. The molecule has 1 heterocycles. The number of methoxy groups -OCH3 is 1. The van der Waals surface area contributed by atoms with Crippen LogP contribution in [0.1, 0.15) is 16.7 Å². The van der Waals surface area contributed by atoms with Gasteiger partial charge in [0.2, 0.25) is 0 Å². The molecule has 1 saturated heterocycles. The number of imide groups is 1.